The summed E-state index contributed by atoms with van der Waals surface area (Å²) in [5, 5.41) is 0. The van der Waals surface area contributed by atoms with Crippen molar-refractivity contribution in [2.45, 2.75) is 19.4 Å². The van der Waals surface area contributed by atoms with E-state index in [1.807, 2.05) is 54.6 Å². The Bertz CT molecular complexity index is 1010. The molecule has 0 aliphatic heterocycles. The summed E-state index contributed by atoms with van der Waals surface area (Å²) in [6.45, 7) is 2.09. The van der Waals surface area contributed by atoms with Crippen LogP contribution in [0.25, 0.3) is 0 Å². The van der Waals surface area contributed by atoms with Gasteiger partial charge in [-0.15, -0.1) is 0 Å². The van der Waals surface area contributed by atoms with E-state index in [9.17, 15) is 0 Å². The van der Waals surface area contributed by atoms with Gasteiger partial charge in [0.15, 0.2) is 23.0 Å². The fraction of sp³-hybridized carbons (Fsp3) is 0.308. The van der Waals surface area contributed by atoms with Crippen LogP contribution in [0.4, 0.5) is 0 Å². The minimum Gasteiger partial charge on any atom is -0.493 e. The maximum atomic E-state index is 5.94. The zero-order valence-corrected chi connectivity index (χ0v) is 20.9. The Hall–Kier alpha value is -2.74. The molecule has 0 atom stereocenters. The molecule has 2 N–H and O–H groups in total. The van der Waals surface area contributed by atoms with Gasteiger partial charge in [-0.05, 0) is 63.7 Å². The van der Waals surface area contributed by atoms with Gasteiger partial charge in [0.2, 0.25) is 0 Å². The molecule has 0 aromatic heterocycles. The Labute approximate surface area is 204 Å². The SMILES string of the molecule is COc1cc(CCNNCCc2ccc(OC)c(OC)c2Br)ccc1OCc1ccccc1. The summed E-state index contributed by atoms with van der Waals surface area (Å²) in [5.41, 5.74) is 10.0. The lowest BCUT2D eigenvalue weighted by Crippen LogP contribution is -2.35. The number of halogens is 1. The Morgan fingerprint density at radius 2 is 1.39 bits per heavy atom. The highest BCUT2D eigenvalue weighted by Crippen LogP contribution is 2.37. The fourth-order valence-electron chi connectivity index (χ4n) is 3.43. The Morgan fingerprint density at radius 1 is 0.697 bits per heavy atom. The van der Waals surface area contributed by atoms with E-state index in [4.69, 9.17) is 18.9 Å². The highest BCUT2D eigenvalue weighted by Gasteiger charge is 2.12. The van der Waals surface area contributed by atoms with Gasteiger partial charge in [0.05, 0.1) is 25.8 Å². The van der Waals surface area contributed by atoms with E-state index in [0.717, 1.165) is 53.0 Å². The smallest absolute Gasteiger partial charge is 0.175 e. The summed E-state index contributed by atoms with van der Waals surface area (Å²) in [6, 6.07) is 20.1. The van der Waals surface area contributed by atoms with E-state index in [1.54, 1.807) is 21.3 Å². The first kappa shape index (κ1) is 24.9. The maximum absolute atomic E-state index is 5.94. The van der Waals surface area contributed by atoms with Crippen LogP contribution in [0.1, 0.15) is 16.7 Å². The first-order chi connectivity index (χ1) is 16.2. The molecule has 0 bridgehead atoms. The summed E-state index contributed by atoms with van der Waals surface area (Å²) in [7, 11) is 4.94. The molecule has 0 spiro atoms. The topological polar surface area (TPSA) is 61.0 Å². The fourth-order valence-corrected chi connectivity index (χ4v) is 4.11. The van der Waals surface area contributed by atoms with E-state index in [1.165, 1.54) is 5.56 Å². The quantitative estimate of drug-likeness (QED) is 0.249. The third-order valence-electron chi connectivity index (χ3n) is 5.21. The molecule has 176 valence electrons. The predicted octanol–water partition coefficient (Wildman–Crippen LogP) is 4.93. The van der Waals surface area contributed by atoms with Gasteiger partial charge in [0.25, 0.3) is 0 Å². The molecule has 0 aliphatic carbocycles. The van der Waals surface area contributed by atoms with Crippen molar-refractivity contribution in [2.24, 2.45) is 0 Å². The van der Waals surface area contributed by atoms with Crippen molar-refractivity contribution < 1.29 is 18.9 Å². The van der Waals surface area contributed by atoms with Crippen molar-refractivity contribution in [3.63, 3.8) is 0 Å². The lowest BCUT2D eigenvalue weighted by Gasteiger charge is -2.14. The average molecular weight is 515 g/mol. The average Bonchev–Trinajstić information content (AvgIpc) is 2.86. The molecule has 7 heteroatoms. The largest absolute Gasteiger partial charge is 0.493 e. The summed E-state index contributed by atoms with van der Waals surface area (Å²) >= 11 is 3.61. The minimum absolute atomic E-state index is 0.512. The van der Waals surface area contributed by atoms with Gasteiger partial charge in [-0.3, -0.25) is 10.9 Å². The molecular weight excluding hydrogens is 484 g/mol. The molecule has 0 amide bonds. The molecule has 0 saturated heterocycles. The monoisotopic (exact) mass is 514 g/mol. The molecule has 3 rings (SSSR count). The Kier molecular flexibility index (Phi) is 9.87. The Morgan fingerprint density at radius 3 is 2.09 bits per heavy atom. The molecule has 3 aromatic carbocycles. The highest BCUT2D eigenvalue weighted by atomic mass is 79.9. The molecule has 0 unspecified atom stereocenters. The van der Waals surface area contributed by atoms with Crippen LogP contribution in [0.2, 0.25) is 0 Å². The van der Waals surface area contributed by atoms with Crippen molar-refractivity contribution in [3.8, 4) is 23.0 Å². The van der Waals surface area contributed by atoms with Gasteiger partial charge in [-0.25, -0.2) is 0 Å². The summed E-state index contributed by atoms with van der Waals surface area (Å²) in [6.07, 6.45) is 1.71. The summed E-state index contributed by atoms with van der Waals surface area (Å²) < 4.78 is 23.2. The van der Waals surface area contributed by atoms with Crippen LogP contribution < -0.4 is 29.8 Å². The zero-order chi connectivity index (χ0) is 23.5. The van der Waals surface area contributed by atoms with Gasteiger partial charge >= 0.3 is 0 Å². The first-order valence-electron chi connectivity index (χ1n) is 10.8. The lowest BCUT2D eigenvalue weighted by molar-refractivity contribution is 0.284. The number of hydrazine groups is 1. The number of ether oxygens (including phenoxy) is 4. The van der Waals surface area contributed by atoms with Crippen molar-refractivity contribution in [1.29, 1.82) is 0 Å². The molecule has 0 fully saturated rings. The third-order valence-corrected chi connectivity index (χ3v) is 6.08. The standard InChI is InChI=1S/C26H31BrN2O4/c1-30-23-12-10-21(25(27)26(23)32-3)14-16-29-28-15-13-19-9-11-22(24(17-19)31-2)33-18-20-7-5-4-6-8-20/h4-12,17,28-29H,13-16,18H2,1-3H3. The number of nitrogens with one attached hydrogen (secondary N) is 2. The van der Waals surface area contributed by atoms with Crippen molar-refractivity contribution in [2.75, 3.05) is 34.4 Å². The molecule has 0 heterocycles. The number of methoxy groups -OCH3 is 3. The number of rotatable bonds is 13. The van der Waals surface area contributed by atoms with Gasteiger partial charge in [-0.1, -0.05) is 42.5 Å². The minimum atomic E-state index is 0.512. The zero-order valence-electron chi connectivity index (χ0n) is 19.3. The molecule has 0 aliphatic rings. The lowest BCUT2D eigenvalue weighted by atomic mass is 10.1. The number of hydrogen-bond donors (Lipinski definition) is 2. The second kappa shape index (κ2) is 13.1. The van der Waals surface area contributed by atoms with Crippen molar-refractivity contribution in [3.05, 3.63) is 81.8 Å². The van der Waals surface area contributed by atoms with Crippen LogP contribution >= 0.6 is 15.9 Å². The van der Waals surface area contributed by atoms with Crippen LogP contribution in [0.3, 0.4) is 0 Å². The normalized spacial score (nSPS) is 10.7. The van der Waals surface area contributed by atoms with Gasteiger partial charge < -0.3 is 18.9 Å². The van der Waals surface area contributed by atoms with E-state index in [-0.39, 0.29) is 0 Å². The van der Waals surface area contributed by atoms with E-state index in [0.29, 0.717) is 18.1 Å². The Balaban J connectivity index is 1.42. The molecular formula is C26H31BrN2O4. The maximum Gasteiger partial charge on any atom is 0.175 e. The predicted molar refractivity (Wildman–Crippen MR) is 134 cm³/mol. The van der Waals surface area contributed by atoms with E-state index < -0.39 is 0 Å². The molecule has 33 heavy (non-hydrogen) atoms. The number of benzene rings is 3. The van der Waals surface area contributed by atoms with E-state index >= 15 is 0 Å². The van der Waals surface area contributed by atoms with Crippen LogP contribution in [-0.4, -0.2) is 34.4 Å². The molecule has 3 aromatic rings. The summed E-state index contributed by atoms with van der Waals surface area (Å²) in [4.78, 5) is 0. The van der Waals surface area contributed by atoms with Gasteiger partial charge in [0.1, 0.15) is 6.61 Å². The summed E-state index contributed by atoms with van der Waals surface area (Å²) in [5.74, 6) is 2.92. The molecule has 0 saturated carbocycles. The van der Waals surface area contributed by atoms with Crippen LogP contribution in [0.5, 0.6) is 23.0 Å². The highest BCUT2D eigenvalue weighted by molar-refractivity contribution is 9.10. The third kappa shape index (κ3) is 7.12. The van der Waals surface area contributed by atoms with Crippen molar-refractivity contribution >= 4 is 15.9 Å². The van der Waals surface area contributed by atoms with Gasteiger partial charge in [-0.2, -0.15) is 0 Å². The molecule has 0 radical (unpaired) electrons. The van der Waals surface area contributed by atoms with Crippen LogP contribution in [0, 0.1) is 0 Å². The van der Waals surface area contributed by atoms with Crippen LogP contribution in [-0.2, 0) is 19.4 Å². The van der Waals surface area contributed by atoms with Crippen molar-refractivity contribution in [1.82, 2.24) is 10.9 Å². The molecule has 6 nitrogen and oxygen atoms in total. The van der Waals surface area contributed by atoms with Gasteiger partial charge in [0, 0.05) is 13.1 Å². The van der Waals surface area contributed by atoms with Crippen LogP contribution in [0.15, 0.2) is 65.1 Å². The number of hydrogen-bond acceptors (Lipinski definition) is 6. The van der Waals surface area contributed by atoms with E-state index in [2.05, 4.69) is 32.8 Å². The first-order valence-corrected chi connectivity index (χ1v) is 11.6. The second-order valence-electron chi connectivity index (χ2n) is 7.39. The second-order valence-corrected chi connectivity index (χ2v) is 8.18.